The molecule has 1 atom stereocenters. The first-order valence-corrected chi connectivity index (χ1v) is 6.91. The molecule has 0 spiro atoms. The monoisotopic (exact) mass is 325 g/mol. The number of aliphatic hydroxyl groups is 1. The van der Waals surface area contributed by atoms with Crippen molar-refractivity contribution >= 4 is 5.69 Å². The Balaban J connectivity index is 2.60. The molecule has 0 amide bonds. The van der Waals surface area contributed by atoms with Crippen LogP contribution in [0.15, 0.2) is 48.5 Å². The summed E-state index contributed by atoms with van der Waals surface area (Å²) >= 11 is 0. The van der Waals surface area contributed by atoms with Gasteiger partial charge in [0.15, 0.2) is 0 Å². The third kappa shape index (κ3) is 3.12. The van der Waals surface area contributed by atoms with E-state index in [1.807, 2.05) is 0 Å². The molecule has 1 unspecified atom stereocenters. The molecular weight excluding hydrogens is 307 g/mol. The summed E-state index contributed by atoms with van der Waals surface area (Å²) in [7, 11) is 4.93. The van der Waals surface area contributed by atoms with E-state index in [9.17, 15) is 18.3 Å². The standard InChI is InChI=1S/C17H18F3NO2/c1-21(2)14-9-7-12(8-10-14)16(22,17(18,19)20)13-5-4-6-15(11-13)23-3/h4-11,22H,1-3H3. The third-order valence-corrected chi connectivity index (χ3v) is 3.70. The highest BCUT2D eigenvalue weighted by Crippen LogP contribution is 2.45. The van der Waals surface area contributed by atoms with Crippen molar-refractivity contribution in [3.63, 3.8) is 0 Å². The largest absolute Gasteiger partial charge is 0.497 e. The normalized spacial score (nSPS) is 14.2. The summed E-state index contributed by atoms with van der Waals surface area (Å²) in [5.74, 6) is 0.245. The first-order valence-electron chi connectivity index (χ1n) is 6.91. The van der Waals surface area contributed by atoms with Gasteiger partial charge in [-0.2, -0.15) is 13.2 Å². The zero-order valence-electron chi connectivity index (χ0n) is 13.1. The Morgan fingerprint density at radius 1 is 0.957 bits per heavy atom. The predicted molar refractivity (Wildman–Crippen MR) is 82.8 cm³/mol. The quantitative estimate of drug-likeness (QED) is 0.933. The predicted octanol–water partition coefficient (Wildman–Crippen LogP) is 3.56. The van der Waals surface area contributed by atoms with Gasteiger partial charge in [0.05, 0.1) is 7.11 Å². The van der Waals surface area contributed by atoms with Crippen molar-refractivity contribution in [2.75, 3.05) is 26.1 Å². The average Bonchev–Trinajstić information content (AvgIpc) is 2.53. The summed E-state index contributed by atoms with van der Waals surface area (Å²) in [6, 6.07) is 11.0. The summed E-state index contributed by atoms with van der Waals surface area (Å²) in [5, 5.41) is 10.5. The molecule has 0 saturated heterocycles. The SMILES string of the molecule is COc1cccc(C(O)(c2ccc(N(C)C)cc2)C(F)(F)F)c1. The van der Waals surface area contributed by atoms with Crippen molar-refractivity contribution in [2.24, 2.45) is 0 Å². The maximum atomic E-state index is 13.7. The molecule has 0 saturated carbocycles. The van der Waals surface area contributed by atoms with E-state index in [4.69, 9.17) is 4.74 Å². The molecule has 2 aromatic rings. The molecule has 0 radical (unpaired) electrons. The molecule has 124 valence electrons. The van der Waals surface area contributed by atoms with Crippen LogP contribution in [0.1, 0.15) is 11.1 Å². The fourth-order valence-electron chi connectivity index (χ4n) is 2.34. The van der Waals surface area contributed by atoms with Crippen LogP contribution >= 0.6 is 0 Å². The maximum absolute atomic E-state index is 13.7. The second-order valence-corrected chi connectivity index (χ2v) is 5.38. The molecule has 1 N–H and O–H groups in total. The Bertz CT molecular complexity index is 668. The van der Waals surface area contributed by atoms with Gasteiger partial charge in [-0.25, -0.2) is 0 Å². The van der Waals surface area contributed by atoms with Crippen molar-refractivity contribution in [1.82, 2.24) is 0 Å². The lowest BCUT2D eigenvalue weighted by Crippen LogP contribution is -2.43. The number of halogens is 3. The van der Waals surface area contributed by atoms with Crippen LogP contribution in [0.5, 0.6) is 5.75 Å². The molecule has 2 rings (SSSR count). The maximum Gasteiger partial charge on any atom is 0.425 e. The molecule has 0 heterocycles. The van der Waals surface area contributed by atoms with E-state index in [1.165, 1.54) is 55.6 Å². The van der Waals surface area contributed by atoms with E-state index in [0.717, 1.165) is 5.69 Å². The molecule has 0 fully saturated rings. The lowest BCUT2D eigenvalue weighted by molar-refractivity contribution is -0.248. The third-order valence-electron chi connectivity index (χ3n) is 3.70. The summed E-state index contributed by atoms with van der Waals surface area (Å²) in [5.41, 5.74) is -2.90. The van der Waals surface area contributed by atoms with Crippen LogP contribution in [-0.4, -0.2) is 32.5 Å². The lowest BCUT2D eigenvalue weighted by Gasteiger charge is -2.32. The number of benzene rings is 2. The van der Waals surface area contributed by atoms with Gasteiger partial charge in [-0.1, -0.05) is 24.3 Å². The Morgan fingerprint density at radius 2 is 1.57 bits per heavy atom. The van der Waals surface area contributed by atoms with Crippen LogP contribution in [0, 0.1) is 0 Å². The minimum atomic E-state index is -4.88. The number of methoxy groups -OCH3 is 1. The summed E-state index contributed by atoms with van der Waals surface area (Å²) < 4.78 is 46.0. The molecule has 0 aliphatic heterocycles. The van der Waals surface area contributed by atoms with Crippen molar-refractivity contribution in [3.05, 3.63) is 59.7 Å². The molecular formula is C17H18F3NO2. The lowest BCUT2D eigenvalue weighted by atomic mass is 9.85. The van der Waals surface area contributed by atoms with Crippen LogP contribution in [0.4, 0.5) is 18.9 Å². The van der Waals surface area contributed by atoms with Crippen LogP contribution in [-0.2, 0) is 5.60 Å². The van der Waals surface area contributed by atoms with Gasteiger partial charge in [-0.15, -0.1) is 0 Å². The Kier molecular flexibility index (Phi) is 4.56. The van der Waals surface area contributed by atoms with Gasteiger partial charge in [0, 0.05) is 25.3 Å². The number of rotatable bonds is 4. The Labute approximate surface area is 132 Å². The minimum absolute atomic E-state index is 0.245. The van der Waals surface area contributed by atoms with Crippen molar-refractivity contribution in [1.29, 1.82) is 0 Å². The van der Waals surface area contributed by atoms with Gasteiger partial charge in [0.1, 0.15) is 5.75 Å². The van der Waals surface area contributed by atoms with Gasteiger partial charge in [-0.05, 0) is 29.8 Å². The molecule has 6 heteroatoms. The Morgan fingerprint density at radius 3 is 2.04 bits per heavy atom. The fraction of sp³-hybridized carbons (Fsp3) is 0.294. The van der Waals surface area contributed by atoms with Crippen LogP contribution in [0.3, 0.4) is 0 Å². The van der Waals surface area contributed by atoms with E-state index in [2.05, 4.69) is 0 Å². The molecule has 2 aromatic carbocycles. The number of hydrogen-bond donors (Lipinski definition) is 1. The Hall–Kier alpha value is -2.21. The molecule has 0 bridgehead atoms. The number of anilines is 1. The fourth-order valence-corrected chi connectivity index (χ4v) is 2.34. The van der Waals surface area contributed by atoms with Gasteiger partial charge >= 0.3 is 6.18 Å². The highest BCUT2D eigenvalue weighted by Gasteiger charge is 2.56. The van der Waals surface area contributed by atoms with Crippen LogP contribution in [0.2, 0.25) is 0 Å². The highest BCUT2D eigenvalue weighted by molar-refractivity contribution is 5.50. The second-order valence-electron chi connectivity index (χ2n) is 5.38. The first-order chi connectivity index (χ1) is 10.7. The number of ether oxygens (including phenoxy) is 1. The topological polar surface area (TPSA) is 32.7 Å². The van der Waals surface area contributed by atoms with Crippen LogP contribution in [0.25, 0.3) is 0 Å². The smallest absolute Gasteiger partial charge is 0.425 e. The molecule has 23 heavy (non-hydrogen) atoms. The van der Waals surface area contributed by atoms with Gasteiger partial charge < -0.3 is 14.7 Å². The van der Waals surface area contributed by atoms with Crippen molar-refractivity contribution < 1.29 is 23.0 Å². The van der Waals surface area contributed by atoms with Crippen molar-refractivity contribution in [2.45, 2.75) is 11.8 Å². The van der Waals surface area contributed by atoms with Gasteiger partial charge in [-0.3, -0.25) is 0 Å². The average molecular weight is 325 g/mol. The zero-order chi connectivity index (χ0) is 17.3. The summed E-state index contributed by atoms with van der Waals surface area (Å²) in [6.45, 7) is 0. The van der Waals surface area contributed by atoms with E-state index < -0.39 is 11.8 Å². The van der Waals surface area contributed by atoms with E-state index >= 15 is 0 Å². The van der Waals surface area contributed by atoms with Crippen molar-refractivity contribution in [3.8, 4) is 5.75 Å². The number of nitrogens with zero attached hydrogens (tertiary/aromatic N) is 1. The van der Waals surface area contributed by atoms with E-state index in [1.54, 1.807) is 19.0 Å². The van der Waals surface area contributed by atoms with Gasteiger partial charge in [0.25, 0.3) is 0 Å². The second kappa shape index (κ2) is 6.12. The highest BCUT2D eigenvalue weighted by atomic mass is 19.4. The molecule has 0 aliphatic rings. The first kappa shape index (κ1) is 17.1. The molecule has 3 nitrogen and oxygen atoms in total. The van der Waals surface area contributed by atoms with Gasteiger partial charge in [0.2, 0.25) is 5.60 Å². The molecule has 0 aliphatic carbocycles. The van der Waals surface area contributed by atoms with E-state index in [-0.39, 0.29) is 16.9 Å². The molecule has 0 aromatic heterocycles. The summed E-state index contributed by atoms with van der Waals surface area (Å²) in [6.07, 6.45) is -4.88. The summed E-state index contributed by atoms with van der Waals surface area (Å²) in [4.78, 5) is 1.77. The minimum Gasteiger partial charge on any atom is -0.497 e. The zero-order valence-corrected chi connectivity index (χ0v) is 13.1. The van der Waals surface area contributed by atoms with E-state index in [0.29, 0.717) is 0 Å². The van der Waals surface area contributed by atoms with Crippen LogP contribution < -0.4 is 9.64 Å². The number of alkyl halides is 3. The number of hydrogen-bond acceptors (Lipinski definition) is 3.